The molecular weight excluding hydrogens is 294 g/mol. The highest BCUT2D eigenvalue weighted by Crippen LogP contribution is 2.19. The van der Waals surface area contributed by atoms with Gasteiger partial charge in [-0.25, -0.2) is 0 Å². The summed E-state index contributed by atoms with van der Waals surface area (Å²) in [7, 11) is 0. The van der Waals surface area contributed by atoms with Crippen molar-refractivity contribution in [2.75, 3.05) is 6.61 Å². The Kier molecular flexibility index (Phi) is 7.59. The number of unbranched alkanes of at least 4 members (excludes halogenated alkanes) is 1. The lowest BCUT2D eigenvalue weighted by molar-refractivity contribution is -0.142. The molecule has 23 heavy (non-hydrogen) atoms. The van der Waals surface area contributed by atoms with Crippen LogP contribution in [0.2, 0.25) is 0 Å². The van der Waals surface area contributed by atoms with Crippen LogP contribution in [0.3, 0.4) is 0 Å². The molecule has 0 radical (unpaired) electrons. The number of carboxylic acids is 1. The molecule has 0 aliphatic heterocycles. The van der Waals surface area contributed by atoms with Crippen LogP contribution in [0.4, 0.5) is 0 Å². The number of rotatable bonds is 9. The highest BCUT2D eigenvalue weighted by molar-refractivity contribution is 5.77. The van der Waals surface area contributed by atoms with E-state index in [2.05, 4.69) is 5.32 Å². The van der Waals surface area contributed by atoms with Crippen LogP contribution < -0.4 is 10.1 Å². The normalized spacial score (nSPS) is 13.2. The van der Waals surface area contributed by atoms with E-state index in [-0.39, 0.29) is 11.9 Å². The molecule has 2 N–H and O–H groups in total. The van der Waals surface area contributed by atoms with E-state index in [1.165, 1.54) is 0 Å². The first-order valence-corrected chi connectivity index (χ1v) is 8.03. The molecule has 0 saturated heterocycles. The molecule has 1 rings (SSSR count). The van der Waals surface area contributed by atoms with Crippen LogP contribution in [-0.4, -0.2) is 29.6 Å². The number of ether oxygens (including phenoxy) is 1. The first kappa shape index (κ1) is 19.0. The number of carbonyl (C=O) groups excluding carboxylic acids is 1. The standard InChI is InChI=1S/C18H27NO4/c1-12-8-9-13(2)16(11-12)23-10-6-5-7-17(20)19-15(4)14(3)18(21)22/h8-9,11,14-15H,5-7,10H2,1-4H3,(H,19,20)(H,21,22). The highest BCUT2D eigenvalue weighted by Gasteiger charge is 2.20. The van der Waals surface area contributed by atoms with E-state index in [9.17, 15) is 9.59 Å². The van der Waals surface area contributed by atoms with Crippen LogP contribution in [0.5, 0.6) is 5.75 Å². The third-order valence-electron chi connectivity index (χ3n) is 3.93. The first-order valence-electron chi connectivity index (χ1n) is 8.03. The van der Waals surface area contributed by atoms with Gasteiger partial charge in [-0.15, -0.1) is 0 Å². The number of nitrogens with one attached hydrogen (secondary N) is 1. The van der Waals surface area contributed by atoms with Crippen LogP contribution in [0.15, 0.2) is 18.2 Å². The summed E-state index contributed by atoms with van der Waals surface area (Å²) in [6, 6.07) is 5.72. The number of hydrogen-bond donors (Lipinski definition) is 2. The van der Waals surface area contributed by atoms with E-state index < -0.39 is 11.9 Å². The molecule has 0 aliphatic carbocycles. The molecule has 1 aromatic carbocycles. The lowest BCUT2D eigenvalue weighted by Gasteiger charge is -2.17. The first-order chi connectivity index (χ1) is 10.8. The maximum absolute atomic E-state index is 11.8. The van der Waals surface area contributed by atoms with Crippen LogP contribution in [0.1, 0.15) is 44.2 Å². The molecule has 1 aromatic rings. The molecule has 0 saturated carbocycles. The van der Waals surface area contributed by atoms with Gasteiger partial charge in [0.2, 0.25) is 5.91 Å². The maximum atomic E-state index is 11.8. The molecule has 0 spiro atoms. The smallest absolute Gasteiger partial charge is 0.308 e. The monoisotopic (exact) mass is 321 g/mol. The summed E-state index contributed by atoms with van der Waals surface area (Å²) < 4.78 is 5.74. The van der Waals surface area contributed by atoms with Crippen molar-refractivity contribution in [1.29, 1.82) is 0 Å². The van der Waals surface area contributed by atoms with Gasteiger partial charge in [-0.3, -0.25) is 9.59 Å². The van der Waals surface area contributed by atoms with Gasteiger partial charge >= 0.3 is 5.97 Å². The zero-order valence-corrected chi connectivity index (χ0v) is 14.4. The number of carbonyl (C=O) groups is 2. The molecule has 0 heterocycles. The Morgan fingerprint density at radius 3 is 2.57 bits per heavy atom. The minimum atomic E-state index is -0.903. The van der Waals surface area contributed by atoms with Gasteiger partial charge in [0, 0.05) is 12.5 Å². The van der Waals surface area contributed by atoms with E-state index in [0.717, 1.165) is 23.3 Å². The Morgan fingerprint density at radius 1 is 1.22 bits per heavy atom. The summed E-state index contributed by atoms with van der Waals surface area (Å²) in [6.07, 6.45) is 1.88. The third kappa shape index (κ3) is 6.72. The van der Waals surface area contributed by atoms with Crippen molar-refractivity contribution in [3.8, 4) is 5.75 Å². The molecule has 5 heteroatoms. The Balaban J connectivity index is 2.23. The van der Waals surface area contributed by atoms with Crippen molar-refractivity contribution in [2.24, 2.45) is 5.92 Å². The van der Waals surface area contributed by atoms with E-state index in [0.29, 0.717) is 19.4 Å². The van der Waals surface area contributed by atoms with Gasteiger partial charge in [-0.05, 0) is 57.7 Å². The van der Waals surface area contributed by atoms with Gasteiger partial charge in [-0.1, -0.05) is 12.1 Å². The van der Waals surface area contributed by atoms with Crippen molar-refractivity contribution in [3.63, 3.8) is 0 Å². The Hall–Kier alpha value is -2.04. The van der Waals surface area contributed by atoms with E-state index >= 15 is 0 Å². The predicted molar refractivity (Wildman–Crippen MR) is 89.7 cm³/mol. The third-order valence-corrected chi connectivity index (χ3v) is 3.93. The molecular formula is C18H27NO4. The fraction of sp³-hybridized carbons (Fsp3) is 0.556. The van der Waals surface area contributed by atoms with Gasteiger partial charge < -0.3 is 15.2 Å². The highest BCUT2D eigenvalue weighted by atomic mass is 16.5. The van der Waals surface area contributed by atoms with Crippen LogP contribution in [0, 0.1) is 19.8 Å². The predicted octanol–water partition coefficient (Wildman–Crippen LogP) is 3.08. The van der Waals surface area contributed by atoms with Gasteiger partial charge in [-0.2, -0.15) is 0 Å². The Morgan fingerprint density at radius 2 is 1.91 bits per heavy atom. The van der Waals surface area contributed by atoms with Crippen LogP contribution in [-0.2, 0) is 9.59 Å². The van der Waals surface area contributed by atoms with Crippen molar-refractivity contribution in [3.05, 3.63) is 29.3 Å². The van der Waals surface area contributed by atoms with Crippen molar-refractivity contribution < 1.29 is 19.4 Å². The van der Waals surface area contributed by atoms with Gasteiger partial charge in [0.25, 0.3) is 0 Å². The van der Waals surface area contributed by atoms with Gasteiger partial charge in [0.1, 0.15) is 5.75 Å². The number of aryl methyl sites for hydroxylation is 2. The van der Waals surface area contributed by atoms with E-state index in [1.54, 1.807) is 13.8 Å². The fourth-order valence-corrected chi connectivity index (χ4v) is 2.10. The number of hydrogen-bond acceptors (Lipinski definition) is 3. The molecule has 1 amide bonds. The summed E-state index contributed by atoms with van der Waals surface area (Å²) in [6.45, 7) is 7.90. The molecule has 0 fully saturated rings. The molecule has 2 unspecified atom stereocenters. The molecule has 2 atom stereocenters. The molecule has 0 aliphatic rings. The van der Waals surface area contributed by atoms with Gasteiger partial charge in [0.05, 0.1) is 12.5 Å². The van der Waals surface area contributed by atoms with E-state index in [1.807, 2.05) is 32.0 Å². The second-order valence-electron chi connectivity index (χ2n) is 6.06. The number of aliphatic carboxylic acids is 1. The van der Waals surface area contributed by atoms with Crippen molar-refractivity contribution >= 4 is 11.9 Å². The minimum absolute atomic E-state index is 0.114. The largest absolute Gasteiger partial charge is 0.493 e. The molecule has 5 nitrogen and oxygen atoms in total. The molecule has 0 aromatic heterocycles. The van der Waals surface area contributed by atoms with Crippen LogP contribution >= 0.6 is 0 Å². The van der Waals surface area contributed by atoms with Crippen LogP contribution in [0.25, 0.3) is 0 Å². The topological polar surface area (TPSA) is 75.6 Å². The van der Waals surface area contributed by atoms with Gasteiger partial charge in [0.15, 0.2) is 0 Å². The number of benzene rings is 1. The summed E-state index contributed by atoms with van der Waals surface area (Å²) in [4.78, 5) is 22.6. The minimum Gasteiger partial charge on any atom is -0.493 e. The number of amides is 1. The lowest BCUT2D eigenvalue weighted by Crippen LogP contribution is -2.39. The zero-order chi connectivity index (χ0) is 17.4. The lowest BCUT2D eigenvalue weighted by atomic mass is 10.0. The second kappa shape index (κ2) is 9.18. The Labute approximate surface area is 138 Å². The average molecular weight is 321 g/mol. The summed E-state index contributed by atoms with van der Waals surface area (Å²) >= 11 is 0. The summed E-state index contributed by atoms with van der Waals surface area (Å²) in [5.74, 6) is -0.720. The zero-order valence-electron chi connectivity index (χ0n) is 14.4. The second-order valence-corrected chi connectivity index (χ2v) is 6.06. The quantitative estimate of drug-likeness (QED) is 0.685. The maximum Gasteiger partial charge on any atom is 0.308 e. The molecule has 128 valence electrons. The SMILES string of the molecule is Cc1ccc(C)c(OCCCCC(=O)NC(C)C(C)C(=O)O)c1. The van der Waals surface area contributed by atoms with E-state index in [4.69, 9.17) is 9.84 Å². The Bertz CT molecular complexity index is 542. The summed E-state index contributed by atoms with van der Waals surface area (Å²) in [5, 5.41) is 11.6. The van der Waals surface area contributed by atoms with Crippen molar-refractivity contribution in [2.45, 2.75) is 53.0 Å². The average Bonchev–Trinajstić information content (AvgIpc) is 2.49. The fourth-order valence-electron chi connectivity index (χ4n) is 2.10. The molecule has 0 bridgehead atoms. The summed E-state index contributed by atoms with van der Waals surface area (Å²) in [5.41, 5.74) is 2.26. The number of carboxylic acid groups (broad SMARTS) is 1. The van der Waals surface area contributed by atoms with Crippen molar-refractivity contribution in [1.82, 2.24) is 5.32 Å².